The van der Waals surface area contributed by atoms with E-state index in [2.05, 4.69) is 13.8 Å². The molecule has 2 N–H and O–H groups in total. The van der Waals surface area contributed by atoms with Crippen molar-refractivity contribution < 1.29 is 9.47 Å². The van der Waals surface area contributed by atoms with E-state index in [1.165, 1.54) is 6.42 Å². The zero-order chi connectivity index (χ0) is 13.4. The van der Waals surface area contributed by atoms with Gasteiger partial charge in [0.05, 0.1) is 14.2 Å². The van der Waals surface area contributed by atoms with Gasteiger partial charge in [0.25, 0.3) is 0 Å². The molecule has 0 radical (unpaired) electrons. The van der Waals surface area contributed by atoms with Crippen molar-refractivity contribution >= 4 is 0 Å². The molecule has 0 bridgehead atoms. The SMILES string of the molecule is COc1ccc(C2(N)CCCC2(C)C)c(OC)c1. The summed E-state index contributed by atoms with van der Waals surface area (Å²) in [7, 11) is 3.34. The van der Waals surface area contributed by atoms with Crippen molar-refractivity contribution in [3.05, 3.63) is 23.8 Å². The third-order valence-corrected chi connectivity index (χ3v) is 4.47. The summed E-state index contributed by atoms with van der Waals surface area (Å²) < 4.78 is 10.7. The molecule has 1 unspecified atom stereocenters. The number of benzene rings is 1. The first-order valence-corrected chi connectivity index (χ1v) is 6.46. The predicted octanol–water partition coefficient (Wildman–Crippen LogP) is 3.07. The number of nitrogens with two attached hydrogens (primary N) is 1. The van der Waals surface area contributed by atoms with Gasteiger partial charge in [0.1, 0.15) is 11.5 Å². The van der Waals surface area contributed by atoms with E-state index < -0.39 is 0 Å². The van der Waals surface area contributed by atoms with Crippen molar-refractivity contribution in [2.45, 2.75) is 38.6 Å². The number of methoxy groups -OCH3 is 2. The topological polar surface area (TPSA) is 44.5 Å². The van der Waals surface area contributed by atoms with Gasteiger partial charge in [-0.1, -0.05) is 20.3 Å². The zero-order valence-electron chi connectivity index (χ0n) is 11.7. The fourth-order valence-corrected chi connectivity index (χ4v) is 3.04. The van der Waals surface area contributed by atoms with Crippen LogP contribution in [-0.2, 0) is 5.54 Å². The third-order valence-electron chi connectivity index (χ3n) is 4.47. The lowest BCUT2D eigenvalue weighted by Crippen LogP contribution is -2.45. The van der Waals surface area contributed by atoms with Crippen LogP contribution in [0.5, 0.6) is 11.5 Å². The Morgan fingerprint density at radius 2 is 1.83 bits per heavy atom. The standard InChI is InChI=1S/C15H23NO2/c1-14(2)8-5-9-15(14,16)12-7-6-11(17-3)10-13(12)18-4/h6-7,10H,5,8-9,16H2,1-4H3. The molecule has 0 aliphatic heterocycles. The van der Waals surface area contributed by atoms with Crippen LogP contribution in [0.25, 0.3) is 0 Å². The van der Waals surface area contributed by atoms with Crippen LogP contribution in [0.1, 0.15) is 38.7 Å². The Labute approximate surface area is 109 Å². The summed E-state index contributed by atoms with van der Waals surface area (Å²) in [5, 5.41) is 0. The summed E-state index contributed by atoms with van der Waals surface area (Å²) in [4.78, 5) is 0. The Bertz CT molecular complexity index is 442. The smallest absolute Gasteiger partial charge is 0.127 e. The number of hydrogen-bond acceptors (Lipinski definition) is 3. The molecule has 18 heavy (non-hydrogen) atoms. The van der Waals surface area contributed by atoms with E-state index in [1.54, 1.807) is 14.2 Å². The number of hydrogen-bond donors (Lipinski definition) is 1. The molecular weight excluding hydrogens is 226 g/mol. The molecule has 100 valence electrons. The summed E-state index contributed by atoms with van der Waals surface area (Å²) in [6.07, 6.45) is 3.32. The largest absolute Gasteiger partial charge is 0.497 e. The summed E-state index contributed by atoms with van der Waals surface area (Å²) in [5.41, 5.74) is 7.57. The second-order valence-electron chi connectivity index (χ2n) is 5.78. The lowest BCUT2D eigenvalue weighted by atomic mass is 9.71. The highest BCUT2D eigenvalue weighted by molar-refractivity contribution is 5.46. The maximum atomic E-state index is 6.71. The first-order valence-electron chi connectivity index (χ1n) is 6.46. The average molecular weight is 249 g/mol. The Balaban J connectivity index is 2.50. The lowest BCUT2D eigenvalue weighted by Gasteiger charge is -2.39. The molecule has 2 rings (SSSR count). The Hall–Kier alpha value is -1.22. The predicted molar refractivity (Wildman–Crippen MR) is 73.0 cm³/mol. The first-order chi connectivity index (χ1) is 8.44. The summed E-state index contributed by atoms with van der Waals surface area (Å²) in [5.74, 6) is 1.63. The highest BCUT2D eigenvalue weighted by Crippen LogP contribution is 2.52. The van der Waals surface area contributed by atoms with Gasteiger partial charge in [-0.2, -0.15) is 0 Å². The molecule has 1 fully saturated rings. The van der Waals surface area contributed by atoms with Crippen LogP contribution in [0.2, 0.25) is 0 Å². The molecule has 1 aliphatic carbocycles. The van der Waals surface area contributed by atoms with Gasteiger partial charge in [0, 0.05) is 17.2 Å². The van der Waals surface area contributed by atoms with Crippen molar-refractivity contribution in [1.29, 1.82) is 0 Å². The molecule has 1 atom stereocenters. The molecule has 3 nitrogen and oxygen atoms in total. The quantitative estimate of drug-likeness (QED) is 0.895. The van der Waals surface area contributed by atoms with Gasteiger partial charge in [0.15, 0.2) is 0 Å². The maximum absolute atomic E-state index is 6.71. The van der Waals surface area contributed by atoms with Crippen molar-refractivity contribution in [3.8, 4) is 11.5 Å². The second kappa shape index (κ2) is 4.47. The van der Waals surface area contributed by atoms with E-state index in [1.807, 2.05) is 18.2 Å². The molecule has 0 heterocycles. The molecule has 1 aromatic rings. The van der Waals surface area contributed by atoms with Gasteiger partial charge < -0.3 is 15.2 Å². The van der Waals surface area contributed by atoms with Crippen LogP contribution >= 0.6 is 0 Å². The van der Waals surface area contributed by atoms with Crippen molar-refractivity contribution in [1.82, 2.24) is 0 Å². The fourth-order valence-electron chi connectivity index (χ4n) is 3.04. The fraction of sp³-hybridized carbons (Fsp3) is 0.600. The monoisotopic (exact) mass is 249 g/mol. The van der Waals surface area contributed by atoms with Crippen LogP contribution in [0.15, 0.2) is 18.2 Å². The number of rotatable bonds is 3. The van der Waals surface area contributed by atoms with Crippen molar-refractivity contribution in [3.63, 3.8) is 0 Å². The minimum absolute atomic E-state index is 0.0921. The van der Waals surface area contributed by atoms with Gasteiger partial charge >= 0.3 is 0 Å². The van der Waals surface area contributed by atoms with Crippen LogP contribution in [0.3, 0.4) is 0 Å². The minimum atomic E-state index is -0.315. The van der Waals surface area contributed by atoms with Gasteiger partial charge in [-0.25, -0.2) is 0 Å². The van der Waals surface area contributed by atoms with E-state index >= 15 is 0 Å². The van der Waals surface area contributed by atoms with Crippen LogP contribution in [0.4, 0.5) is 0 Å². The van der Waals surface area contributed by atoms with Gasteiger partial charge in [0.2, 0.25) is 0 Å². The summed E-state index contributed by atoms with van der Waals surface area (Å²) in [6.45, 7) is 4.48. The average Bonchev–Trinajstić information content (AvgIpc) is 2.63. The Kier molecular flexibility index (Phi) is 3.28. The minimum Gasteiger partial charge on any atom is -0.497 e. The van der Waals surface area contributed by atoms with Gasteiger partial charge in [-0.3, -0.25) is 0 Å². The highest BCUT2D eigenvalue weighted by atomic mass is 16.5. The van der Waals surface area contributed by atoms with E-state index in [-0.39, 0.29) is 11.0 Å². The van der Waals surface area contributed by atoms with E-state index in [0.29, 0.717) is 0 Å². The zero-order valence-corrected chi connectivity index (χ0v) is 11.7. The van der Waals surface area contributed by atoms with E-state index in [0.717, 1.165) is 29.9 Å². The normalized spacial score (nSPS) is 26.1. The summed E-state index contributed by atoms with van der Waals surface area (Å²) >= 11 is 0. The molecule has 1 saturated carbocycles. The van der Waals surface area contributed by atoms with Crippen molar-refractivity contribution in [2.75, 3.05) is 14.2 Å². The van der Waals surface area contributed by atoms with E-state index in [4.69, 9.17) is 15.2 Å². The molecule has 0 spiro atoms. The molecule has 0 aromatic heterocycles. The van der Waals surface area contributed by atoms with Crippen LogP contribution in [-0.4, -0.2) is 14.2 Å². The maximum Gasteiger partial charge on any atom is 0.127 e. The van der Waals surface area contributed by atoms with Gasteiger partial charge in [-0.15, -0.1) is 0 Å². The summed E-state index contributed by atoms with van der Waals surface area (Å²) in [6, 6.07) is 5.92. The lowest BCUT2D eigenvalue weighted by molar-refractivity contribution is 0.204. The molecule has 0 saturated heterocycles. The van der Waals surface area contributed by atoms with Gasteiger partial charge in [-0.05, 0) is 30.4 Å². The number of ether oxygens (including phenoxy) is 2. The third kappa shape index (κ3) is 1.87. The first kappa shape index (κ1) is 13.2. The molecule has 3 heteroatoms. The Morgan fingerprint density at radius 1 is 1.11 bits per heavy atom. The van der Waals surface area contributed by atoms with Crippen molar-refractivity contribution in [2.24, 2.45) is 11.1 Å². The molecule has 0 amide bonds. The molecular formula is C15H23NO2. The van der Waals surface area contributed by atoms with Crippen LogP contribution < -0.4 is 15.2 Å². The van der Waals surface area contributed by atoms with Crippen LogP contribution in [0, 0.1) is 5.41 Å². The second-order valence-corrected chi connectivity index (χ2v) is 5.78. The highest BCUT2D eigenvalue weighted by Gasteiger charge is 2.48. The Morgan fingerprint density at radius 3 is 2.33 bits per heavy atom. The van der Waals surface area contributed by atoms with E-state index in [9.17, 15) is 0 Å². The molecule has 1 aromatic carbocycles. The molecule has 1 aliphatic rings.